The molecule has 2 rings (SSSR count). The summed E-state index contributed by atoms with van der Waals surface area (Å²) in [5.41, 5.74) is 0.826. The Balaban J connectivity index is -0.000000177. The molecule has 0 amide bonds. The van der Waals surface area contributed by atoms with Crippen LogP contribution in [0.15, 0.2) is 24.3 Å². The molecule has 1 saturated heterocycles. The van der Waals surface area contributed by atoms with Crippen molar-refractivity contribution in [3.05, 3.63) is 29.8 Å². The van der Waals surface area contributed by atoms with Crippen LogP contribution in [0.1, 0.15) is 74.3 Å². The van der Waals surface area contributed by atoms with E-state index in [1.807, 2.05) is 13.8 Å². The van der Waals surface area contributed by atoms with E-state index in [0.717, 1.165) is 11.6 Å². The maximum Gasteiger partial charge on any atom is 0.573 e. The summed E-state index contributed by atoms with van der Waals surface area (Å²) in [5.74, 6) is 0.0236. The molecule has 0 N–H and O–H groups in total. The average Bonchev–Trinajstić information content (AvgIpc) is 2.91. The topological polar surface area (TPSA) is 12.5 Å². The van der Waals surface area contributed by atoms with Gasteiger partial charge >= 0.3 is 6.36 Å². The molecule has 1 radical (unpaired) electrons. The molecule has 0 unspecified atom stereocenters. The van der Waals surface area contributed by atoms with Gasteiger partial charge in [-0.25, -0.2) is 0 Å². The largest absolute Gasteiger partial charge is 0.573 e. The molecule has 0 spiro atoms. The van der Waals surface area contributed by atoms with Crippen LogP contribution in [0.2, 0.25) is 0 Å². The minimum atomic E-state index is -4.62. The molecule has 153 valence electrons. The summed E-state index contributed by atoms with van der Waals surface area (Å²) in [6, 6.07) is 6.79. The predicted octanol–water partition coefficient (Wildman–Crippen LogP) is 7.11. The van der Waals surface area contributed by atoms with Gasteiger partial charge in [0.1, 0.15) is 5.75 Å². The minimum Gasteiger partial charge on any atom is -0.406 e. The normalized spacial score (nSPS) is 13.4. The molecule has 1 heterocycles. The van der Waals surface area contributed by atoms with E-state index in [9.17, 15) is 13.2 Å². The summed E-state index contributed by atoms with van der Waals surface area (Å²) in [6.07, 6.45) is -1.79. The van der Waals surface area contributed by atoms with Gasteiger partial charge in [-0.3, -0.25) is 0 Å². The monoisotopic (exact) mass is 454 g/mol. The van der Waals surface area contributed by atoms with Crippen molar-refractivity contribution in [2.75, 3.05) is 13.1 Å². The quantitative estimate of drug-likeness (QED) is 0.483. The van der Waals surface area contributed by atoms with Crippen LogP contribution < -0.4 is 4.74 Å². The minimum absolute atomic E-state index is 0. The maximum atomic E-state index is 11.9. The molecule has 0 atom stereocenters. The van der Waals surface area contributed by atoms with Gasteiger partial charge in [-0.2, -0.15) is 0 Å². The van der Waals surface area contributed by atoms with E-state index >= 15 is 0 Å². The van der Waals surface area contributed by atoms with Crippen LogP contribution in [-0.2, 0) is 32.7 Å². The van der Waals surface area contributed by atoms with Gasteiger partial charge in [-0.1, -0.05) is 48.3 Å². The number of nitrogens with zero attached hydrogens (tertiary/aromatic N) is 1. The molecule has 0 aliphatic carbocycles. The van der Waals surface area contributed by atoms with Crippen molar-refractivity contribution in [1.29, 1.82) is 0 Å². The summed E-state index contributed by atoms with van der Waals surface area (Å²) < 4.78 is 39.3. The van der Waals surface area contributed by atoms with E-state index in [4.69, 9.17) is 0 Å². The number of alkyl halides is 3. The molecule has 0 aromatic heterocycles. The van der Waals surface area contributed by atoms with Crippen LogP contribution in [0.5, 0.6) is 5.75 Å². The van der Waals surface area contributed by atoms with Gasteiger partial charge in [-0.15, -0.1) is 13.2 Å². The fraction of sp³-hybridized carbons (Fsp3) is 0.700. The van der Waals surface area contributed by atoms with E-state index in [1.54, 1.807) is 12.1 Å². The van der Waals surface area contributed by atoms with Gasteiger partial charge in [0.2, 0.25) is 0 Å². The first kappa shape index (κ1) is 33.5. The van der Waals surface area contributed by atoms with Gasteiger partial charge in [0.25, 0.3) is 0 Å². The molecule has 26 heavy (non-hydrogen) atoms. The van der Waals surface area contributed by atoms with E-state index in [2.05, 4.69) is 23.5 Å². The Hall–Kier alpha value is -0.126. The Kier molecular flexibility index (Phi) is 20.4. The second kappa shape index (κ2) is 15.9. The molecule has 1 aliphatic heterocycles. The van der Waals surface area contributed by atoms with Gasteiger partial charge in [0.05, 0.1) is 0 Å². The second-order valence-electron chi connectivity index (χ2n) is 6.11. The molecule has 1 aliphatic rings. The molecule has 1 fully saturated rings. The number of benzene rings is 1. The number of likely N-dealkylation sites (tertiary alicyclic amines) is 1. The Bertz CT molecular complexity index is 445. The Morgan fingerprint density at radius 1 is 0.962 bits per heavy atom. The SMILES string of the molecule is C.C.C.CC(C)N1CCCC1.CC(C)c1cccc(OC(F)(F)F)c1.[Y]. The third kappa shape index (κ3) is 14.0. The zero-order chi connectivity index (χ0) is 16.8. The van der Waals surface area contributed by atoms with Gasteiger partial charge < -0.3 is 9.64 Å². The number of halogens is 3. The fourth-order valence-electron chi connectivity index (χ4n) is 2.33. The zero-order valence-corrected chi connectivity index (χ0v) is 17.2. The summed E-state index contributed by atoms with van der Waals surface area (Å²) >= 11 is 0. The van der Waals surface area contributed by atoms with Crippen LogP contribution in [0, 0.1) is 0 Å². The number of hydrogen-bond donors (Lipinski definition) is 0. The van der Waals surface area contributed by atoms with E-state index < -0.39 is 6.36 Å². The number of rotatable bonds is 3. The molecule has 1 aromatic carbocycles. The van der Waals surface area contributed by atoms with Crippen molar-refractivity contribution in [3.8, 4) is 5.75 Å². The molecular formula is C20H38F3NOY. The predicted molar refractivity (Wildman–Crippen MR) is 103 cm³/mol. The number of hydrogen-bond acceptors (Lipinski definition) is 2. The van der Waals surface area contributed by atoms with Crippen molar-refractivity contribution in [2.45, 2.75) is 81.1 Å². The van der Waals surface area contributed by atoms with E-state index in [1.165, 1.54) is 38.1 Å². The third-order valence-corrected chi connectivity index (χ3v) is 3.63. The Morgan fingerprint density at radius 3 is 1.81 bits per heavy atom. The van der Waals surface area contributed by atoms with Crippen LogP contribution in [0.25, 0.3) is 0 Å². The first-order chi connectivity index (χ1) is 10.2. The van der Waals surface area contributed by atoms with Gasteiger partial charge in [-0.05, 0) is 63.4 Å². The third-order valence-electron chi connectivity index (χ3n) is 3.63. The molecule has 0 saturated carbocycles. The van der Waals surface area contributed by atoms with Crippen LogP contribution >= 0.6 is 0 Å². The van der Waals surface area contributed by atoms with Crippen molar-refractivity contribution in [3.63, 3.8) is 0 Å². The van der Waals surface area contributed by atoms with Crippen LogP contribution in [0.4, 0.5) is 13.2 Å². The van der Waals surface area contributed by atoms with E-state index in [0.29, 0.717) is 0 Å². The van der Waals surface area contributed by atoms with Crippen LogP contribution in [0.3, 0.4) is 0 Å². The van der Waals surface area contributed by atoms with Crippen molar-refractivity contribution in [2.24, 2.45) is 0 Å². The number of ether oxygens (including phenoxy) is 1. The molecule has 0 bridgehead atoms. The molecular weight excluding hydrogens is 416 g/mol. The summed E-state index contributed by atoms with van der Waals surface area (Å²) in [5, 5.41) is 0. The smallest absolute Gasteiger partial charge is 0.406 e. The summed E-state index contributed by atoms with van der Waals surface area (Å²) in [4.78, 5) is 2.53. The fourth-order valence-corrected chi connectivity index (χ4v) is 2.33. The van der Waals surface area contributed by atoms with E-state index in [-0.39, 0.29) is 66.7 Å². The second-order valence-corrected chi connectivity index (χ2v) is 6.11. The van der Waals surface area contributed by atoms with Gasteiger partial charge in [0.15, 0.2) is 0 Å². The standard InChI is InChI=1S/C10H11F3O.C7H15N.3CH4.Y/c1-7(2)8-4-3-5-9(6-8)14-10(11,12)13;1-7(2)8-5-3-4-6-8;;;;/h3-7H,1-2H3;7H,3-6H2,1-2H3;3*1H4;. The van der Waals surface area contributed by atoms with Gasteiger partial charge in [0, 0.05) is 38.8 Å². The first-order valence-corrected chi connectivity index (χ1v) is 7.79. The molecule has 2 nitrogen and oxygen atoms in total. The zero-order valence-electron chi connectivity index (χ0n) is 14.4. The molecule has 1 aromatic rings. The van der Waals surface area contributed by atoms with Crippen molar-refractivity contribution in [1.82, 2.24) is 4.90 Å². The summed E-state index contributed by atoms with van der Waals surface area (Å²) in [7, 11) is 0. The Morgan fingerprint density at radius 2 is 1.46 bits per heavy atom. The summed E-state index contributed by atoms with van der Waals surface area (Å²) in [6.45, 7) is 11.0. The van der Waals surface area contributed by atoms with Crippen molar-refractivity contribution < 1.29 is 50.6 Å². The van der Waals surface area contributed by atoms with Crippen molar-refractivity contribution >= 4 is 0 Å². The first-order valence-electron chi connectivity index (χ1n) is 7.79. The average molecular weight is 454 g/mol. The molecule has 6 heteroatoms. The Labute approximate surface area is 184 Å². The maximum absolute atomic E-state index is 11.9. The van der Waals surface area contributed by atoms with Crippen LogP contribution in [-0.4, -0.2) is 30.4 Å².